The van der Waals surface area contributed by atoms with Crippen LogP contribution in [0.5, 0.6) is 0 Å². The molecule has 110 valence electrons. The lowest BCUT2D eigenvalue weighted by Crippen LogP contribution is -2.16. The van der Waals surface area contributed by atoms with Crippen molar-refractivity contribution in [1.82, 2.24) is 4.57 Å². The Kier molecular flexibility index (Phi) is 4.22. The van der Waals surface area contributed by atoms with Crippen molar-refractivity contribution >= 4 is 39.1 Å². The maximum Gasteiger partial charge on any atom is 0.279 e. The lowest BCUT2D eigenvalue weighted by atomic mass is 10.2. The van der Waals surface area contributed by atoms with Gasteiger partial charge in [-0.3, -0.25) is 4.79 Å². The predicted molar refractivity (Wildman–Crippen MR) is 91.4 cm³/mol. The number of carbonyl (C=O) groups excluding carboxylic acids is 1. The fourth-order valence-electron chi connectivity index (χ4n) is 2.18. The lowest BCUT2D eigenvalue weighted by Gasteiger charge is -2.00. The van der Waals surface area contributed by atoms with Crippen LogP contribution in [-0.4, -0.2) is 10.5 Å². The minimum absolute atomic E-state index is 0.299. The van der Waals surface area contributed by atoms with Crippen LogP contribution >= 0.6 is 22.9 Å². The summed E-state index contributed by atoms with van der Waals surface area (Å²) in [6.45, 7) is 4.37. The molecule has 2 aromatic carbocycles. The lowest BCUT2D eigenvalue weighted by molar-refractivity contribution is 0.0998. The Morgan fingerprint density at radius 3 is 2.86 bits per heavy atom. The zero-order valence-electron chi connectivity index (χ0n) is 11.7. The second-order valence-electron chi connectivity index (χ2n) is 4.68. The molecule has 0 fully saturated rings. The molecule has 0 N–H and O–H groups in total. The molecule has 0 saturated carbocycles. The van der Waals surface area contributed by atoms with Crippen molar-refractivity contribution in [2.45, 2.75) is 6.54 Å². The molecular weight excluding hydrogens is 316 g/mol. The van der Waals surface area contributed by atoms with Gasteiger partial charge >= 0.3 is 0 Å². The number of fused-ring (bicyclic) bond motifs is 1. The Morgan fingerprint density at radius 2 is 2.09 bits per heavy atom. The van der Waals surface area contributed by atoms with Gasteiger partial charge in [0.15, 0.2) is 4.80 Å². The predicted octanol–water partition coefficient (Wildman–Crippen LogP) is 4.28. The summed E-state index contributed by atoms with van der Waals surface area (Å²) in [6.07, 6.45) is 1.79. The van der Waals surface area contributed by atoms with Crippen molar-refractivity contribution in [3.05, 3.63) is 76.6 Å². The van der Waals surface area contributed by atoms with E-state index in [4.69, 9.17) is 11.6 Å². The van der Waals surface area contributed by atoms with Gasteiger partial charge in [0.05, 0.1) is 10.2 Å². The molecule has 0 aliphatic carbocycles. The minimum Gasteiger partial charge on any atom is -0.312 e. The number of nitrogens with zero attached hydrogens (tertiary/aromatic N) is 2. The molecule has 1 aromatic heterocycles. The first kappa shape index (κ1) is 14.8. The van der Waals surface area contributed by atoms with Gasteiger partial charge in [0.2, 0.25) is 0 Å². The van der Waals surface area contributed by atoms with Gasteiger partial charge < -0.3 is 4.57 Å². The van der Waals surface area contributed by atoms with Gasteiger partial charge in [-0.05, 0) is 30.3 Å². The first-order chi connectivity index (χ1) is 10.7. The molecular formula is C17H13ClN2OS. The Morgan fingerprint density at radius 1 is 1.27 bits per heavy atom. The van der Waals surface area contributed by atoms with E-state index in [9.17, 15) is 4.79 Å². The maximum atomic E-state index is 12.3. The number of amides is 1. The SMILES string of the molecule is C=CCn1c(=NC(=O)c2cccc(Cl)c2)sc2ccccc21. The molecule has 3 rings (SSSR count). The number of halogens is 1. The molecule has 5 heteroatoms. The summed E-state index contributed by atoms with van der Waals surface area (Å²) in [5, 5.41) is 0.524. The van der Waals surface area contributed by atoms with E-state index in [1.807, 2.05) is 28.8 Å². The summed E-state index contributed by atoms with van der Waals surface area (Å²) in [7, 11) is 0. The third-order valence-electron chi connectivity index (χ3n) is 3.17. The highest BCUT2D eigenvalue weighted by atomic mass is 35.5. The summed E-state index contributed by atoms with van der Waals surface area (Å²) < 4.78 is 3.07. The monoisotopic (exact) mass is 328 g/mol. The third-order valence-corrected chi connectivity index (χ3v) is 4.46. The largest absolute Gasteiger partial charge is 0.312 e. The highest BCUT2D eigenvalue weighted by molar-refractivity contribution is 7.16. The van der Waals surface area contributed by atoms with Gasteiger partial charge in [-0.25, -0.2) is 0 Å². The topological polar surface area (TPSA) is 34.4 Å². The molecule has 0 bridgehead atoms. The number of hydrogen-bond donors (Lipinski definition) is 0. The van der Waals surface area contributed by atoms with Crippen LogP contribution in [0.2, 0.25) is 5.02 Å². The maximum absolute atomic E-state index is 12.3. The van der Waals surface area contributed by atoms with Crippen molar-refractivity contribution < 1.29 is 4.79 Å². The normalized spacial score (nSPS) is 11.8. The van der Waals surface area contributed by atoms with Crippen LogP contribution in [-0.2, 0) is 6.54 Å². The fraction of sp³-hybridized carbons (Fsp3) is 0.0588. The van der Waals surface area contributed by atoms with E-state index in [2.05, 4.69) is 11.6 Å². The van der Waals surface area contributed by atoms with Crippen LogP contribution in [0, 0.1) is 0 Å². The van der Waals surface area contributed by atoms with Crippen molar-refractivity contribution in [1.29, 1.82) is 0 Å². The highest BCUT2D eigenvalue weighted by Crippen LogP contribution is 2.17. The van der Waals surface area contributed by atoms with E-state index in [-0.39, 0.29) is 5.91 Å². The summed E-state index contributed by atoms with van der Waals surface area (Å²) in [5.41, 5.74) is 1.53. The van der Waals surface area contributed by atoms with E-state index in [1.54, 1.807) is 30.3 Å². The van der Waals surface area contributed by atoms with E-state index < -0.39 is 0 Å². The third kappa shape index (κ3) is 2.89. The molecule has 0 atom stereocenters. The number of aromatic nitrogens is 1. The van der Waals surface area contributed by atoms with Gasteiger partial charge in [-0.15, -0.1) is 6.58 Å². The molecule has 0 aliphatic rings. The molecule has 0 unspecified atom stereocenters. The molecule has 0 radical (unpaired) electrons. The zero-order chi connectivity index (χ0) is 15.5. The molecule has 0 spiro atoms. The molecule has 22 heavy (non-hydrogen) atoms. The Labute approximate surface area is 136 Å². The fourth-order valence-corrected chi connectivity index (χ4v) is 3.41. The zero-order valence-corrected chi connectivity index (χ0v) is 13.3. The molecule has 3 aromatic rings. The standard InChI is InChI=1S/C17H13ClN2OS/c1-2-10-20-14-8-3-4-9-15(14)22-17(20)19-16(21)12-6-5-7-13(18)11-12/h2-9,11H,1,10H2. The number of rotatable bonds is 3. The van der Waals surface area contributed by atoms with Crippen LogP contribution in [0.3, 0.4) is 0 Å². The summed E-state index contributed by atoms with van der Waals surface area (Å²) in [5.74, 6) is -0.299. The first-order valence-electron chi connectivity index (χ1n) is 6.73. The number of para-hydroxylation sites is 1. The van der Waals surface area contributed by atoms with Crippen LogP contribution < -0.4 is 4.80 Å². The van der Waals surface area contributed by atoms with Crippen molar-refractivity contribution in [2.24, 2.45) is 4.99 Å². The first-order valence-corrected chi connectivity index (χ1v) is 7.92. The smallest absolute Gasteiger partial charge is 0.279 e. The minimum atomic E-state index is -0.299. The molecule has 0 aliphatic heterocycles. The number of benzene rings is 2. The quantitative estimate of drug-likeness (QED) is 0.661. The van der Waals surface area contributed by atoms with E-state index >= 15 is 0 Å². The van der Waals surface area contributed by atoms with Gasteiger partial charge in [0.1, 0.15) is 0 Å². The van der Waals surface area contributed by atoms with Crippen LogP contribution in [0.15, 0.2) is 66.2 Å². The number of thiazole rings is 1. The Hall–Kier alpha value is -2.17. The van der Waals surface area contributed by atoms with E-state index in [0.29, 0.717) is 21.9 Å². The van der Waals surface area contributed by atoms with Gasteiger partial charge in [0.25, 0.3) is 5.91 Å². The van der Waals surface area contributed by atoms with Gasteiger partial charge in [-0.2, -0.15) is 4.99 Å². The van der Waals surface area contributed by atoms with Gasteiger partial charge in [0, 0.05) is 17.1 Å². The van der Waals surface area contributed by atoms with Crippen molar-refractivity contribution in [3.8, 4) is 0 Å². The average molecular weight is 329 g/mol. The number of hydrogen-bond acceptors (Lipinski definition) is 2. The number of carbonyl (C=O) groups is 1. The van der Waals surface area contributed by atoms with Crippen molar-refractivity contribution in [2.75, 3.05) is 0 Å². The van der Waals surface area contributed by atoms with Crippen molar-refractivity contribution in [3.63, 3.8) is 0 Å². The summed E-state index contributed by atoms with van der Waals surface area (Å²) in [4.78, 5) is 17.3. The average Bonchev–Trinajstić information content (AvgIpc) is 2.85. The van der Waals surface area contributed by atoms with Crippen LogP contribution in [0.25, 0.3) is 10.2 Å². The van der Waals surface area contributed by atoms with Gasteiger partial charge in [-0.1, -0.05) is 47.2 Å². The molecule has 1 heterocycles. The number of allylic oxidation sites excluding steroid dienone is 1. The van der Waals surface area contributed by atoms with Crippen LogP contribution in [0.4, 0.5) is 0 Å². The molecule has 1 amide bonds. The van der Waals surface area contributed by atoms with E-state index in [1.165, 1.54) is 11.3 Å². The van der Waals surface area contributed by atoms with Crippen LogP contribution in [0.1, 0.15) is 10.4 Å². The second kappa shape index (κ2) is 6.30. The molecule has 3 nitrogen and oxygen atoms in total. The Bertz CT molecular complexity index is 924. The van der Waals surface area contributed by atoms with E-state index in [0.717, 1.165) is 10.2 Å². The second-order valence-corrected chi connectivity index (χ2v) is 6.12. The Balaban J connectivity index is 2.14. The molecule has 0 saturated heterocycles. The summed E-state index contributed by atoms with van der Waals surface area (Å²) in [6, 6.07) is 14.8. The summed E-state index contributed by atoms with van der Waals surface area (Å²) >= 11 is 7.41. The highest BCUT2D eigenvalue weighted by Gasteiger charge is 2.08.